The summed E-state index contributed by atoms with van der Waals surface area (Å²) < 4.78 is 10.5. The lowest BCUT2D eigenvalue weighted by Crippen LogP contribution is -2.39. The second-order valence-corrected chi connectivity index (χ2v) is 6.14. The lowest BCUT2D eigenvalue weighted by Gasteiger charge is -2.09. The number of anilines is 1. The van der Waals surface area contributed by atoms with Gasteiger partial charge >= 0.3 is 0 Å². The van der Waals surface area contributed by atoms with Gasteiger partial charge in [0.05, 0.1) is 18.4 Å². The third-order valence-electron chi connectivity index (χ3n) is 2.94. The van der Waals surface area contributed by atoms with Gasteiger partial charge in [-0.3, -0.25) is 4.79 Å². The van der Waals surface area contributed by atoms with Crippen LogP contribution in [0.1, 0.15) is 13.8 Å². The molecule has 2 aromatic rings. The molecule has 0 saturated carbocycles. The summed E-state index contributed by atoms with van der Waals surface area (Å²) in [5.74, 6) is 0.506. The zero-order chi connectivity index (χ0) is 16.8. The van der Waals surface area contributed by atoms with Gasteiger partial charge in [-0.25, -0.2) is 4.98 Å². The van der Waals surface area contributed by atoms with Crippen LogP contribution in [-0.2, 0) is 9.53 Å². The van der Waals surface area contributed by atoms with Crippen molar-refractivity contribution in [2.24, 2.45) is 5.73 Å². The Balaban J connectivity index is 0.00000288. The number of hydrogen-bond acceptors (Lipinski definition) is 6. The molecule has 0 spiro atoms. The number of methoxy groups -OCH3 is 1. The van der Waals surface area contributed by atoms with Crippen molar-refractivity contribution in [2.75, 3.05) is 19.0 Å². The van der Waals surface area contributed by atoms with Crippen molar-refractivity contribution in [3.8, 4) is 17.0 Å². The normalized spacial score (nSPS) is 11.7. The van der Waals surface area contributed by atoms with E-state index in [0.29, 0.717) is 5.13 Å². The summed E-state index contributed by atoms with van der Waals surface area (Å²) in [6, 6.07) is 6.98. The van der Waals surface area contributed by atoms with E-state index >= 15 is 0 Å². The number of hydrogen-bond donors (Lipinski definition) is 2. The quantitative estimate of drug-likeness (QED) is 0.781. The van der Waals surface area contributed by atoms with Crippen molar-refractivity contribution >= 4 is 34.8 Å². The van der Waals surface area contributed by atoms with Crippen molar-refractivity contribution in [2.45, 2.75) is 26.0 Å². The van der Waals surface area contributed by atoms with Crippen LogP contribution in [0.3, 0.4) is 0 Å². The fraction of sp³-hybridized carbons (Fsp3) is 0.375. The summed E-state index contributed by atoms with van der Waals surface area (Å²) in [5.41, 5.74) is 7.43. The number of benzene rings is 1. The van der Waals surface area contributed by atoms with Crippen LogP contribution in [0.4, 0.5) is 5.13 Å². The van der Waals surface area contributed by atoms with Gasteiger partial charge in [-0.05, 0) is 38.1 Å². The number of nitrogens with zero attached hydrogens (tertiary/aromatic N) is 1. The van der Waals surface area contributed by atoms with Gasteiger partial charge in [0.1, 0.15) is 11.8 Å². The molecule has 0 aliphatic rings. The van der Waals surface area contributed by atoms with E-state index in [1.54, 1.807) is 0 Å². The van der Waals surface area contributed by atoms with E-state index in [4.69, 9.17) is 15.2 Å². The predicted molar refractivity (Wildman–Crippen MR) is 99.0 cm³/mol. The number of carbonyl (C=O) groups is 1. The minimum Gasteiger partial charge on any atom is -0.491 e. The van der Waals surface area contributed by atoms with Crippen LogP contribution in [0.2, 0.25) is 0 Å². The number of aromatic nitrogens is 1. The Morgan fingerprint density at radius 1 is 1.33 bits per heavy atom. The molecule has 0 saturated heterocycles. The number of nitrogens with one attached hydrogen (secondary N) is 1. The average molecular weight is 372 g/mol. The highest BCUT2D eigenvalue weighted by Gasteiger charge is 2.15. The first kappa shape index (κ1) is 20.4. The van der Waals surface area contributed by atoms with Crippen LogP contribution >= 0.6 is 23.7 Å². The minimum atomic E-state index is -0.709. The topological polar surface area (TPSA) is 86.5 Å². The van der Waals surface area contributed by atoms with Crippen molar-refractivity contribution in [3.63, 3.8) is 0 Å². The van der Waals surface area contributed by atoms with E-state index in [1.165, 1.54) is 18.4 Å². The lowest BCUT2D eigenvalue weighted by molar-refractivity contribution is -0.118. The first-order valence-corrected chi connectivity index (χ1v) is 8.15. The molecule has 0 aliphatic heterocycles. The Labute approximate surface area is 151 Å². The molecule has 6 nitrogen and oxygen atoms in total. The van der Waals surface area contributed by atoms with Crippen molar-refractivity contribution in [1.29, 1.82) is 0 Å². The third-order valence-corrected chi connectivity index (χ3v) is 3.70. The zero-order valence-corrected chi connectivity index (χ0v) is 15.4. The average Bonchev–Trinajstić information content (AvgIpc) is 2.96. The molecule has 1 atom stereocenters. The van der Waals surface area contributed by atoms with Crippen molar-refractivity contribution < 1.29 is 14.3 Å². The fourth-order valence-corrected chi connectivity index (χ4v) is 2.62. The molecule has 0 aliphatic carbocycles. The Kier molecular flexibility index (Phi) is 8.14. The highest BCUT2D eigenvalue weighted by atomic mass is 35.5. The van der Waals surface area contributed by atoms with Gasteiger partial charge in [-0.2, -0.15) is 0 Å². The smallest absolute Gasteiger partial charge is 0.245 e. The molecular weight excluding hydrogens is 350 g/mol. The highest BCUT2D eigenvalue weighted by molar-refractivity contribution is 7.14. The SMILES string of the molecule is COCC(N)C(=O)Nc1nc(-c2ccc(OC(C)C)cc2)cs1.Cl. The van der Waals surface area contributed by atoms with Gasteiger partial charge in [0.2, 0.25) is 5.91 Å². The predicted octanol–water partition coefficient (Wildman–Crippen LogP) is 2.93. The molecule has 2 rings (SSSR count). The number of ether oxygens (including phenoxy) is 2. The second kappa shape index (κ2) is 9.58. The van der Waals surface area contributed by atoms with Crippen LogP contribution in [0.5, 0.6) is 5.75 Å². The molecule has 1 unspecified atom stereocenters. The first-order chi connectivity index (χ1) is 11.0. The minimum absolute atomic E-state index is 0. The molecule has 1 aromatic heterocycles. The third kappa shape index (κ3) is 5.76. The number of amides is 1. The molecule has 24 heavy (non-hydrogen) atoms. The molecule has 1 heterocycles. The molecule has 0 radical (unpaired) electrons. The number of carbonyl (C=O) groups excluding carboxylic acids is 1. The van der Waals surface area contributed by atoms with E-state index in [1.807, 2.05) is 43.5 Å². The summed E-state index contributed by atoms with van der Waals surface area (Å²) in [6.45, 7) is 4.14. The van der Waals surface area contributed by atoms with Crippen LogP contribution < -0.4 is 15.8 Å². The summed E-state index contributed by atoms with van der Waals surface area (Å²) in [7, 11) is 1.50. The lowest BCUT2D eigenvalue weighted by atomic mass is 10.2. The molecule has 132 valence electrons. The largest absolute Gasteiger partial charge is 0.491 e. The molecule has 0 bridgehead atoms. The van der Waals surface area contributed by atoms with Crippen LogP contribution in [0.25, 0.3) is 11.3 Å². The Morgan fingerprint density at radius 2 is 2.00 bits per heavy atom. The maximum atomic E-state index is 11.8. The van der Waals surface area contributed by atoms with Gasteiger partial charge < -0.3 is 20.5 Å². The number of thiazole rings is 1. The number of nitrogens with two attached hydrogens (primary N) is 1. The van der Waals surface area contributed by atoms with Gasteiger partial charge in [0, 0.05) is 18.1 Å². The molecule has 1 aromatic carbocycles. The van der Waals surface area contributed by atoms with Crippen LogP contribution in [-0.4, -0.2) is 36.8 Å². The van der Waals surface area contributed by atoms with Gasteiger partial charge in [-0.1, -0.05) is 0 Å². The summed E-state index contributed by atoms with van der Waals surface area (Å²) in [4.78, 5) is 16.2. The van der Waals surface area contributed by atoms with Crippen molar-refractivity contribution in [1.82, 2.24) is 4.98 Å². The molecule has 3 N–H and O–H groups in total. The maximum Gasteiger partial charge on any atom is 0.245 e. The standard InChI is InChI=1S/C16H21N3O3S.ClH/c1-10(2)22-12-6-4-11(5-7-12)14-9-23-16(18-14)19-15(20)13(17)8-21-3;/h4-7,9-10,13H,8,17H2,1-3H3,(H,18,19,20);1H. The molecule has 8 heteroatoms. The molecular formula is C16H22ClN3O3S. The first-order valence-electron chi connectivity index (χ1n) is 7.27. The Bertz CT molecular complexity index is 646. The van der Waals surface area contributed by atoms with Gasteiger partial charge in [-0.15, -0.1) is 23.7 Å². The Hall–Kier alpha value is -1.67. The summed E-state index contributed by atoms with van der Waals surface area (Å²) in [5, 5.41) is 5.09. The number of halogens is 1. The van der Waals surface area contributed by atoms with E-state index in [2.05, 4.69) is 10.3 Å². The van der Waals surface area contributed by atoms with E-state index < -0.39 is 6.04 Å². The van der Waals surface area contributed by atoms with Gasteiger partial charge in [0.25, 0.3) is 0 Å². The zero-order valence-electron chi connectivity index (χ0n) is 13.8. The second-order valence-electron chi connectivity index (χ2n) is 5.28. The number of rotatable bonds is 7. The van der Waals surface area contributed by atoms with E-state index in [0.717, 1.165) is 17.0 Å². The molecule has 1 amide bonds. The van der Waals surface area contributed by atoms with Crippen LogP contribution in [0.15, 0.2) is 29.6 Å². The maximum absolute atomic E-state index is 11.8. The summed E-state index contributed by atoms with van der Waals surface area (Å²) in [6.07, 6.45) is 0.137. The summed E-state index contributed by atoms with van der Waals surface area (Å²) >= 11 is 1.35. The van der Waals surface area contributed by atoms with Crippen LogP contribution in [0, 0.1) is 0 Å². The Morgan fingerprint density at radius 3 is 2.58 bits per heavy atom. The van der Waals surface area contributed by atoms with E-state index in [9.17, 15) is 4.79 Å². The van der Waals surface area contributed by atoms with E-state index in [-0.39, 0.29) is 31.0 Å². The molecule has 0 fully saturated rings. The van der Waals surface area contributed by atoms with Crippen molar-refractivity contribution in [3.05, 3.63) is 29.6 Å². The monoisotopic (exact) mass is 371 g/mol. The highest BCUT2D eigenvalue weighted by Crippen LogP contribution is 2.26. The fourth-order valence-electron chi connectivity index (χ4n) is 1.89. The van der Waals surface area contributed by atoms with Gasteiger partial charge in [0.15, 0.2) is 5.13 Å².